The summed E-state index contributed by atoms with van der Waals surface area (Å²) in [6.07, 6.45) is 0. The smallest absolute Gasteiger partial charge is 0.234 e. The van der Waals surface area contributed by atoms with Gasteiger partial charge in [0, 0.05) is 25.2 Å². The molecule has 0 unspecified atom stereocenters. The van der Waals surface area contributed by atoms with Crippen molar-refractivity contribution >= 4 is 11.8 Å². The molecule has 150 valence electrons. The zero-order valence-electron chi connectivity index (χ0n) is 16.2. The van der Waals surface area contributed by atoms with Gasteiger partial charge >= 0.3 is 0 Å². The molecular weight excluding hydrogens is 372 g/mol. The van der Waals surface area contributed by atoms with Crippen molar-refractivity contribution in [3.63, 3.8) is 0 Å². The molecule has 0 radical (unpaired) electrons. The van der Waals surface area contributed by atoms with Gasteiger partial charge in [0.1, 0.15) is 5.75 Å². The first-order valence-corrected chi connectivity index (χ1v) is 9.72. The number of benzene rings is 2. The van der Waals surface area contributed by atoms with Gasteiger partial charge in [-0.15, -0.1) is 0 Å². The van der Waals surface area contributed by atoms with Crippen LogP contribution < -0.4 is 14.2 Å². The Bertz CT molecular complexity index is 951. The van der Waals surface area contributed by atoms with Gasteiger partial charge in [-0.1, -0.05) is 24.3 Å². The fourth-order valence-electron chi connectivity index (χ4n) is 4.48. The first-order chi connectivity index (χ1) is 14.1. The van der Waals surface area contributed by atoms with Crippen LogP contribution in [0.5, 0.6) is 17.2 Å². The molecule has 2 atom stereocenters. The third kappa shape index (κ3) is 3.11. The molecule has 2 amide bonds. The number of carbonyl (C=O) groups is 2. The highest BCUT2D eigenvalue weighted by atomic mass is 16.7. The summed E-state index contributed by atoms with van der Waals surface area (Å²) in [5, 5.41) is 0. The van der Waals surface area contributed by atoms with Crippen LogP contribution in [-0.2, 0) is 22.7 Å². The molecule has 3 heterocycles. The first kappa shape index (κ1) is 18.0. The highest BCUT2D eigenvalue weighted by Gasteiger charge is 2.52. The molecule has 0 saturated carbocycles. The van der Waals surface area contributed by atoms with Crippen molar-refractivity contribution in [2.45, 2.75) is 13.1 Å². The van der Waals surface area contributed by atoms with E-state index in [2.05, 4.69) is 4.90 Å². The summed E-state index contributed by atoms with van der Waals surface area (Å²) >= 11 is 0. The van der Waals surface area contributed by atoms with E-state index in [0.29, 0.717) is 31.1 Å². The molecule has 29 heavy (non-hydrogen) atoms. The summed E-state index contributed by atoms with van der Waals surface area (Å²) in [6.45, 7) is 2.32. The molecule has 0 N–H and O–H groups in total. The van der Waals surface area contributed by atoms with Gasteiger partial charge in [0.25, 0.3) is 0 Å². The van der Waals surface area contributed by atoms with E-state index in [1.165, 1.54) is 4.90 Å². The summed E-state index contributed by atoms with van der Waals surface area (Å²) in [4.78, 5) is 29.5. The number of amides is 2. The van der Waals surface area contributed by atoms with Crippen LogP contribution in [0, 0.1) is 11.8 Å². The van der Waals surface area contributed by atoms with Crippen molar-refractivity contribution in [1.82, 2.24) is 9.80 Å². The fraction of sp³-hybridized carbons (Fsp3) is 0.364. The maximum absolute atomic E-state index is 13.0. The molecule has 2 fully saturated rings. The van der Waals surface area contributed by atoms with E-state index in [1.54, 1.807) is 7.11 Å². The second-order valence-electron chi connectivity index (χ2n) is 7.67. The number of nitrogens with zero attached hydrogens (tertiary/aromatic N) is 2. The van der Waals surface area contributed by atoms with Gasteiger partial charge in [-0.25, -0.2) is 0 Å². The lowest BCUT2D eigenvalue weighted by atomic mass is 10.00. The number of hydrogen-bond acceptors (Lipinski definition) is 6. The number of hydrogen-bond donors (Lipinski definition) is 0. The van der Waals surface area contributed by atoms with E-state index >= 15 is 0 Å². The minimum absolute atomic E-state index is 0.0832. The van der Waals surface area contributed by atoms with Crippen LogP contribution in [0.3, 0.4) is 0 Å². The lowest BCUT2D eigenvalue weighted by molar-refractivity contribution is -0.141. The third-order valence-electron chi connectivity index (χ3n) is 5.93. The Labute approximate surface area is 168 Å². The number of fused-ring (bicyclic) bond motifs is 2. The van der Waals surface area contributed by atoms with Gasteiger partial charge < -0.3 is 14.2 Å². The van der Waals surface area contributed by atoms with E-state index in [-0.39, 0.29) is 37.0 Å². The zero-order chi connectivity index (χ0) is 20.0. The van der Waals surface area contributed by atoms with E-state index in [1.807, 2.05) is 42.5 Å². The SMILES string of the molecule is COc1ccccc1CN1C[C@@H]2C(=O)N(Cc3ccc4c(c3)OCO4)C(=O)[C@@H]2C1. The summed E-state index contributed by atoms with van der Waals surface area (Å²) in [6, 6.07) is 13.4. The van der Waals surface area contributed by atoms with Gasteiger partial charge in [-0.3, -0.25) is 19.4 Å². The molecule has 3 aliphatic heterocycles. The van der Waals surface area contributed by atoms with Crippen molar-refractivity contribution in [2.75, 3.05) is 27.0 Å². The number of imide groups is 1. The lowest BCUT2D eigenvalue weighted by Crippen LogP contribution is -2.35. The molecule has 0 aromatic heterocycles. The van der Waals surface area contributed by atoms with Crippen LogP contribution in [-0.4, -0.2) is 48.6 Å². The van der Waals surface area contributed by atoms with Crippen molar-refractivity contribution in [2.24, 2.45) is 11.8 Å². The monoisotopic (exact) mass is 394 g/mol. The lowest BCUT2D eigenvalue weighted by Gasteiger charge is -2.21. The maximum atomic E-state index is 13.0. The second-order valence-corrected chi connectivity index (χ2v) is 7.67. The van der Waals surface area contributed by atoms with Gasteiger partial charge in [0.05, 0.1) is 25.5 Å². The van der Waals surface area contributed by atoms with Gasteiger partial charge in [0.2, 0.25) is 18.6 Å². The Kier molecular flexibility index (Phi) is 4.39. The summed E-state index contributed by atoms with van der Waals surface area (Å²) in [7, 11) is 1.65. The Morgan fingerprint density at radius 1 is 0.966 bits per heavy atom. The van der Waals surface area contributed by atoms with E-state index in [4.69, 9.17) is 14.2 Å². The molecule has 0 bridgehead atoms. The molecule has 7 heteroatoms. The first-order valence-electron chi connectivity index (χ1n) is 9.72. The number of carbonyl (C=O) groups excluding carboxylic acids is 2. The minimum Gasteiger partial charge on any atom is -0.496 e. The number of para-hydroxylation sites is 1. The van der Waals surface area contributed by atoms with Crippen molar-refractivity contribution in [3.05, 3.63) is 53.6 Å². The standard InChI is InChI=1S/C22H22N2O5/c1-27-18-5-3-2-4-15(18)10-23-11-16-17(12-23)22(26)24(21(16)25)9-14-6-7-19-20(8-14)29-13-28-19/h2-8,16-17H,9-13H2,1H3/t16-,17+. The Hall–Kier alpha value is -3.06. The highest BCUT2D eigenvalue weighted by Crippen LogP contribution is 2.37. The second kappa shape index (κ2) is 7.08. The molecule has 0 aliphatic carbocycles. The quantitative estimate of drug-likeness (QED) is 0.723. The molecular formula is C22H22N2O5. The molecule has 2 aromatic rings. The predicted molar refractivity (Wildman–Crippen MR) is 103 cm³/mol. The number of ether oxygens (including phenoxy) is 3. The number of methoxy groups -OCH3 is 1. The van der Waals surface area contributed by atoms with Gasteiger partial charge in [-0.05, 0) is 23.8 Å². The largest absolute Gasteiger partial charge is 0.496 e. The molecule has 2 saturated heterocycles. The summed E-state index contributed by atoms with van der Waals surface area (Å²) in [5.74, 6) is 1.46. The molecule has 5 rings (SSSR count). The molecule has 7 nitrogen and oxygen atoms in total. The van der Waals surface area contributed by atoms with Crippen LogP contribution in [0.4, 0.5) is 0 Å². The molecule has 3 aliphatic rings. The fourth-order valence-corrected chi connectivity index (χ4v) is 4.48. The Morgan fingerprint density at radius 2 is 1.69 bits per heavy atom. The van der Waals surface area contributed by atoms with Crippen LogP contribution in [0.1, 0.15) is 11.1 Å². The summed E-state index contributed by atoms with van der Waals surface area (Å²) in [5.41, 5.74) is 1.92. The average molecular weight is 394 g/mol. The third-order valence-corrected chi connectivity index (χ3v) is 5.93. The van der Waals surface area contributed by atoms with Crippen molar-refractivity contribution < 1.29 is 23.8 Å². The Morgan fingerprint density at radius 3 is 2.45 bits per heavy atom. The highest BCUT2D eigenvalue weighted by molar-refractivity contribution is 6.05. The van der Waals surface area contributed by atoms with Crippen molar-refractivity contribution in [3.8, 4) is 17.2 Å². The van der Waals surface area contributed by atoms with E-state index in [9.17, 15) is 9.59 Å². The number of rotatable bonds is 5. The average Bonchev–Trinajstić information content (AvgIpc) is 3.42. The maximum Gasteiger partial charge on any atom is 0.234 e. The van der Waals surface area contributed by atoms with Crippen LogP contribution in [0.2, 0.25) is 0 Å². The van der Waals surface area contributed by atoms with Gasteiger partial charge in [0.15, 0.2) is 11.5 Å². The number of likely N-dealkylation sites (tertiary alicyclic amines) is 2. The summed E-state index contributed by atoms with van der Waals surface area (Å²) < 4.78 is 16.1. The van der Waals surface area contributed by atoms with Crippen LogP contribution >= 0.6 is 0 Å². The molecule has 0 spiro atoms. The van der Waals surface area contributed by atoms with E-state index in [0.717, 1.165) is 16.9 Å². The Balaban J connectivity index is 1.27. The topological polar surface area (TPSA) is 68.3 Å². The normalized spacial score (nSPS) is 23.0. The van der Waals surface area contributed by atoms with E-state index < -0.39 is 0 Å². The zero-order valence-corrected chi connectivity index (χ0v) is 16.2. The predicted octanol–water partition coefficient (Wildman–Crippen LogP) is 2.04. The van der Waals surface area contributed by atoms with Crippen LogP contribution in [0.25, 0.3) is 0 Å². The van der Waals surface area contributed by atoms with Crippen LogP contribution in [0.15, 0.2) is 42.5 Å². The minimum atomic E-state index is -0.272. The van der Waals surface area contributed by atoms with Gasteiger partial charge in [-0.2, -0.15) is 0 Å². The van der Waals surface area contributed by atoms with Crippen molar-refractivity contribution in [1.29, 1.82) is 0 Å². The molecule has 2 aromatic carbocycles.